The van der Waals surface area contributed by atoms with E-state index in [1.54, 1.807) is 0 Å². The minimum absolute atomic E-state index is 1.12. The number of para-hydroxylation sites is 4. The van der Waals surface area contributed by atoms with Gasteiger partial charge in [-0.3, -0.25) is 0 Å². The molecule has 10 aromatic carbocycles. The molecule has 296 valence electrons. The summed E-state index contributed by atoms with van der Waals surface area (Å²) >= 11 is 0. The van der Waals surface area contributed by atoms with Crippen LogP contribution in [0, 0.1) is 0 Å². The van der Waals surface area contributed by atoms with E-state index in [9.17, 15) is 0 Å². The van der Waals surface area contributed by atoms with Crippen LogP contribution in [0.4, 0.5) is 0 Å². The van der Waals surface area contributed by atoms with E-state index in [0.29, 0.717) is 0 Å². The zero-order valence-corrected chi connectivity index (χ0v) is 35.6. The molecule has 0 N–H and O–H groups in total. The number of benzene rings is 10. The molecule has 0 fully saturated rings. The Bertz CT molecular complexity index is 3440. The lowest BCUT2D eigenvalue weighted by atomic mass is 9.98. The highest BCUT2D eigenvalue weighted by molar-refractivity contribution is 7.20. The molecular weight excluding hydrogens is 777 g/mol. The molecule has 3 heteroatoms. The first-order valence-electron chi connectivity index (χ1n) is 21.8. The normalized spacial score (nSPS) is 11.8. The van der Waals surface area contributed by atoms with Crippen LogP contribution in [0.2, 0.25) is 0 Å². The summed E-state index contributed by atoms with van der Waals surface area (Å²) in [7, 11) is -2.99. The highest BCUT2D eigenvalue weighted by Gasteiger charge is 2.43. The third-order valence-electron chi connectivity index (χ3n) is 13.0. The zero-order chi connectivity index (χ0) is 41.7. The van der Waals surface area contributed by atoms with E-state index in [1.807, 2.05) is 0 Å². The average Bonchev–Trinajstić information content (AvgIpc) is 3.89. The second kappa shape index (κ2) is 15.2. The molecule has 2 nitrogen and oxygen atoms in total. The highest BCUT2D eigenvalue weighted by atomic mass is 28.3. The summed E-state index contributed by atoms with van der Waals surface area (Å²) in [6.45, 7) is 0. The maximum absolute atomic E-state index is 2.99. The molecule has 0 aliphatic rings. The van der Waals surface area contributed by atoms with Crippen molar-refractivity contribution in [3.63, 3.8) is 0 Å². The molecule has 0 amide bonds. The van der Waals surface area contributed by atoms with Crippen molar-refractivity contribution in [3.05, 3.63) is 255 Å². The van der Waals surface area contributed by atoms with Gasteiger partial charge in [-0.05, 0) is 79.4 Å². The van der Waals surface area contributed by atoms with E-state index in [0.717, 1.165) is 11.4 Å². The molecule has 0 radical (unpaired) electrons. The minimum atomic E-state index is -2.99. The monoisotopic (exact) mass is 818 g/mol. The van der Waals surface area contributed by atoms with Crippen LogP contribution in [0.15, 0.2) is 255 Å². The number of hydrogen-bond donors (Lipinski definition) is 0. The number of rotatable bonds is 8. The fraction of sp³-hybridized carbons (Fsp3) is 0. The zero-order valence-electron chi connectivity index (χ0n) is 34.6. The van der Waals surface area contributed by atoms with E-state index < -0.39 is 8.07 Å². The Hall–Kier alpha value is -7.98. The predicted molar refractivity (Wildman–Crippen MR) is 270 cm³/mol. The maximum Gasteiger partial charge on any atom is 0.181 e. The SMILES string of the molecule is c1ccc(-c2cc(-c3ccccc3)cc(-n3c4ccccc4c4cccc(-n5c6ccccc6c6cccc([Si](c7ccccc7)(c7ccccc7)c7ccccc7)c65)c43)c2)cc1. The van der Waals surface area contributed by atoms with Crippen LogP contribution in [0.25, 0.3) is 77.2 Å². The van der Waals surface area contributed by atoms with Crippen molar-refractivity contribution in [2.75, 3.05) is 0 Å². The van der Waals surface area contributed by atoms with Crippen molar-refractivity contribution in [2.24, 2.45) is 0 Å². The Morgan fingerprint density at radius 2 is 0.667 bits per heavy atom. The molecule has 12 aromatic rings. The van der Waals surface area contributed by atoms with Gasteiger partial charge in [0.1, 0.15) is 0 Å². The molecule has 0 saturated heterocycles. The molecule has 0 saturated carbocycles. The van der Waals surface area contributed by atoms with Gasteiger partial charge >= 0.3 is 0 Å². The second-order valence-corrected chi connectivity index (χ2v) is 20.2. The number of nitrogens with zero attached hydrogens (tertiary/aromatic N) is 2. The highest BCUT2D eigenvalue weighted by Crippen LogP contribution is 2.41. The van der Waals surface area contributed by atoms with E-state index >= 15 is 0 Å². The first-order chi connectivity index (χ1) is 31.3. The molecule has 63 heavy (non-hydrogen) atoms. The van der Waals surface area contributed by atoms with E-state index in [2.05, 4.69) is 264 Å². The third-order valence-corrected chi connectivity index (χ3v) is 17.8. The first kappa shape index (κ1) is 36.8. The Morgan fingerprint density at radius 3 is 1.17 bits per heavy atom. The fourth-order valence-corrected chi connectivity index (χ4v) is 15.3. The van der Waals surface area contributed by atoms with Gasteiger partial charge in [-0.1, -0.05) is 218 Å². The van der Waals surface area contributed by atoms with Gasteiger partial charge in [-0.15, -0.1) is 0 Å². The lowest BCUT2D eigenvalue weighted by Gasteiger charge is -2.35. The van der Waals surface area contributed by atoms with E-state index in [1.165, 1.54) is 86.6 Å². The summed E-state index contributed by atoms with van der Waals surface area (Å²) in [4.78, 5) is 0. The van der Waals surface area contributed by atoms with Crippen molar-refractivity contribution in [1.29, 1.82) is 0 Å². The molecule has 0 atom stereocenters. The van der Waals surface area contributed by atoms with Crippen LogP contribution in [-0.4, -0.2) is 17.2 Å². The predicted octanol–water partition coefficient (Wildman–Crippen LogP) is 12.6. The summed E-state index contributed by atoms with van der Waals surface area (Å²) < 4.78 is 5.13. The smallest absolute Gasteiger partial charge is 0.181 e. The van der Waals surface area contributed by atoms with Crippen LogP contribution in [-0.2, 0) is 0 Å². The Kier molecular flexibility index (Phi) is 8.87. The van der Waals surface area contributed by atoms with Gasteiger partial charge in [-0.2, -0.15) is 0 Å². The second-order valence-electron chi connectivity index (χ2n) is 16.4. The Morgan fingerprint density at radius 1 is 0.270 bits per heavy atom. The van der Waals surface area contributed by atoms with Crippen molar-refractivity contribution in [2.45, 2.75) is 0 Å². The van der Waals surface area contributed by atoms with Crippen LogP contribution < -0.4 is 20.7 Å². The van der Waals surface area contributed by atoms with Gasteiger partial charge in [0, 0.05) is 27.2 Å². The summed E-state index contributed by atoms with van der Waals surface area (Å²) in [6, 6.07) is 94.4. The van der Waals surface area contributed by atoms with Crippen molar-refractivity contribution in [3.8, 4) is 33.6 Å². The molecule has 0 bridgehead atoms. The van der Waals surface area contributed by atoms with E-state index in [-0.39, 0.29) is 0 Å². The molecule has 2 heterocycles. The molecule has 0 aliphatic carbocycles. The molecule has 0 unspecified atom stereocenters. The average molecular weight is 819 g/mol. The third kappa shape index (κ3) is 5.85. The lowest BCUT2D eigenvalue weighted by Crippen LogP contribution is -2.75. The summed E-state index contributed by atoms with van der Waals surface area (Å²) in [6.07, 6.45) is 0. The molecule has 0 aliphatic heterocycles. The van der Waals surface area contributed by atoms with Crippen LogP contribution >= 0.6 is 0 Å². The topological polar surface area (TPSA) is 9.86 Å². The minimum Gasteiger partial charge on any atom is -0.307 e. The summed E-state index contributed by atoms with van der Waals surface area (Å²) in [5.41, 5.74) is 11.8. The Labute approximate surface area is 368 Å². The van der Waals surface area contributed by atoms with Crippen LogP contribution in [0.1, 0.15) is 0 Å². The number of hydrogen-bond acceptors (Lipinski definition) is 0. The van der Waals surface area contributed by atoms with Crippen LogP contribution in [0.3, 0.4) is 0 Å². The summed E-state index contributed by atoms with van der Waals surface area (Å²) in [5, 5.41) is 10.3. The number of aromatic nitrogens is 2. The molecule has 0 spiro atoms. The fourth-order valence-electron chi connectivity index (χ4n) is 10.4. The standard InChI is InChI=1S/C60H42N2Si/c1-6-22-43(23-7-1)45-40-46(44-24-8-2-9-25-44)42-47(41-45)61-55-36-18-16-32-51(55)53-34-20-38-57(59(53)61)62-56-37-19-17-33-52(56)54-35-21-39-58(60(54)62)63(48-26-10-3-11-27-48,49-28-12-4-13-29-49)50-30-14-5-15-31-50/h1-42H. The molecule has 12 rings (SSSR count). The van der Waals surface area contributed by atoms with Crippen molar-refractivity contribution in [1.82, 2.24) is 9.13 Å². The number of fused-ring (bicyclic) bond motifs is 6. The van der Waals surface area contributed by atoms with Crippen LogP contribution in [0.5, 0.6) is 0 Å². The summed E-state index contributed by atoms with van der Waals surface area (Å²) in [5.74, 6) is 0. The van der Waals surface area contributed by atoms with Gasteiger partial charge in [0.25, 0.3) is 0 Å². The molecule has 2 aromatic heterocycles. The van der Waals surface area contributed by atoms with Crippen molar-refractivity contribution < 1.29 is 0 Å². The van der Waals surface area contributed by atoms with Gasteiger partial charge in [-0.25, -0.2) is 0 Å². The Balaban J connectivity index is 1.25. The van der Waals surface area contributed by atoms with Gasteiger partial charge in [0.05, 0.1) is 27.8 Å². The quantitative estimate of drug-likeness (QED) is 0.107. The van der Waals surface area contributed by atoms with Gasteiger partial charge < -0.3 is 9.13 Å². The lowest BCUT2D eigenvalue weighted by molar-refractivity contribution is 1.13. The van der Waals surface area contributed by atoms with Gasteiger partial charge in [0.2, 0.25) is 0 Å². The molecular formula is C60H42N2Si. The van der Waals surface area contributed by atoms with E-state index in [4.69, 9.17) is 0 Å². The van der Waals surface area contributed by atoms with Gasteiger partial charge in [0.15, 0.2) is 8.07 Å². The first-order valence-corrected chi connectivity index (χ1v) is 23.8. The maximum atomic E-state index is 2.60. The largest absolute Gasteiger partial charge is 0.307 e. The van der Waals surface area contributed by atoms with Crippen molar-refractivity contribution >= 4 is 72.4 Å².